The summed E-state index contributed by atoms with van der Waals surface area (Å²) >= 11 is 1.84. The van der Waals surface area contributed by atoms with Crippen molar-refractivity contribution in [3.63, 3.8) is 0 Å². The van der Waals surface area contributed by atoms with E-state index in [0.717, 1.165) is 60.4 Å². The number of aromatic nitrogens is 5. The fraction of sp³-hybridized carbons (Fsp3) is 0. The van der Waals surface area contributed by atoms with Crippen LogP contribution in [0.5, 0.6) is 0 Å². The number of benzene rings is 8. The molecule has 0 spiro atoms. The van der Waals surface area contributed by atoms with Crippen molar-refractivity contribution >= 4 is 85.9 Å². The Balaban J connectivity index is 1.14. The van der Waals surface area contributed by atoms with E-state index in [4.69, 9.17) is 15.0 Å². The molecule has 0 N–H and O–H groups in total. The van der Waals surface area contributed by atoms with Crippen LogP contribution in [0.25, 0.3) is 109 Å². The van der Waals surface area contributed by atoms with Crippen molar-refractivity contribution in [1.82, 2.24) is 24.1 Å². The molecule has 12 rings (SSSR count). The third-order valence-corrected chi connectivity index (χ3v) is 12.1. The summed E-state index contributed by atoms with van der Waals surface area (Å²) in [6.45, 7) is 0. The van der Waals surface area contributed by atoms with Gasteiger partial charge < -0.3 is 4.57 Å². The van der Waals surface area contributed by atoms with Crippen molar-refractivity contribution in [1.29, 1.82) is 0 Å². The van der Waals surface area contributed by atoms with Crippen molar-refractivity contribution in [3.05, 3.63) is 176 Å². The molecule has 0 radical (unpaired) electrons. The van der Waals surface area contributed by atoms with Gasteiger partial charge >= 0.3 is 0 Å². The minimum absolute atomic E-state index is 0.584. The van der Waals surface area contributed by atoms with Gasteiger partial charge in [-0.2, -0.15) is 9.97 Å². The zero-order valence-corrected chi connectivity index (χ0v) is 30.2. The molecule has 0 saturated carbocycles. The fourth-order valence-electron chi connectivity index (χ4n) is 8.51. The highest BCUT2D eigenvalue weighted by molar-refractivity contribution is 7.25. The number of hydrogen-bond donors (Lipinski definition) is 0. The number of rotatable bonds is 4. The lowest BCUT2D eigenvalue weighted by atomic mass is 10.0. The highest BCUT2D eigenvalue weighted by Gasteiger charge is 2.20. The summed E-state index contributed by atoms with van der Waals surface area (Å²) in [6, 6.07) is 62.6. The molecule has 55 heavy (non-hydrogen) atoms. The second-order valence-electron chi connectivity index (χ2n) is 14.0. The number of fused-ring (bicyclic) bond motifs is 10. The molecule has 12 aromatic rings. The summed E-state index contributed by atoms with van der Waals surface area (Å²) in [4.78, 5) is 15.9. The summed E-state index contributed by atoms with van der Waals surface area (Å²) in [6.07, 6.45) is 0. The van der Waals surface area contributed by atoms with Crippen LogP contribution in [0.4, 0.5) is 0 Å². The SMILES string of the molecule is c1ccc2c(-c3nc(-c4ccc5c6ccccc6n(-c6ccc7sc8ccccc8c7c6)c5c4)nc(-n4c5ccccc5c5ccccc54)n3)cccc2c1. The van der Waals surface area contributed by atoms with Gasteiger partial charge in [-0.15, -0.1) is 11.3 Å². The van der Waals surface area contributed by atoms with Crippen molar-refractivity contribution in [2.45, 2.75) is 0 Å². The minimum atomic E-state index is 0.584. The lowest BCUT2D eigenvalue weighted by Gasteiger charge is -2.13. The molecule has 6 heteroatoms. The molecule has 5 nitrogen and oxygen atoms in total. The molecule has 0 aliphatic rings. The van der Waals surface area contributed by atoms with E-state index in [9.17, 15) is 0 Å². The average Bonchev–Trinajstić information content (AvgIpc) is 3.90. The van der Waals surface area contributed by atoms with Gasteiger partial charge in [-0.1, -0.05) is 127 Å². The minimum Gasteiger partial charge on any atom is -0.309 e. The van der Waals surface area contributed by atoms with Crippen LogP contribution in [0, 0.1) is 0 Å². The van der Waals surface area contributed by atoms with Crippen LogP contribution in [0.2, 0.25) is 0 Å². The van der Waals surface area contributed by atoms with Crippen LogP contribution in [0.1, 0.15) is 0 Å². The van der Waals surface area contributed by atoms with E-state index in [1.54, 1.807) is 0 Å². The molecular weight excluding hydrogens is 691 g/mol. The van der Waals surface area contributed by atoms with Crippen LogP contribution in [0.15, 0.2) is 176 Å². The first-order valence-electron chi connectivity index (χ1n) is 18.4. The summed E-state index contributed by atoms with van der Waals surface area (Å²) in [5, 5.41) is 9.51. The molecule has 0 unspecified atom stereocenters. The number of hydrogen-bond acceptors (Lipinski definition) is 4. The van der Waals surface area contributed by atoms with E-state index in [1.165, 1.54) is 30.9 Å². The van der Waals surface area contributed by atoms with Gasteiger partial charge in [-0.05, 0) is 59.3 Å². The topological polar surface area (TPSA) is 48.5 Å². The van der Waals surface area contributed by atoms with Gasteiger partial charge in [0.2, 0.25) is 5.95 Å². The average molecular weight is 720 g/mol. The largest absolute Gasteiger partial charge is 0.309 e. The van der Waals surface area contributed by atoms with Gasteiger partial charge in [0.15, 0.2) is 11.6 Å². The van der Waals surface area contributed by atoms with Crippen LogP contribution >= 0.6 is 11.3 Å². The number of nitrogens with zero attached hydrogens (tertiary/aromatic N) is 5. The van der Waals surface area contributed by atoms with Gasteiger partial charge in [0, 0.05) is 58.5 Å². The smallest absolute Gasteiger partial charge is 0.238 e. The molecule has 8 aromatic carbocycles. The Morgan fingerprint density at radius 1 is 0.364 bits per heavy atom. The van der Waals surface area contributed by atoms with E-state index < -0.39 is 0 Å². The van der Waals surface area contributed by atoms with Gasteiger partial charge in [0.1, 0.15) is 0 Å². The molecule has 0 bridgehead atoms. The Labute approximate surface area is 319 Å². The Bertz CT molecular complexity index is 3460. The summed E-state index contributed by atoms with van der Waals surface area (Å²) < 4.78 is 7.16. The van der Waals surface area contributed by atoms with Crippen LogP contribution in [-0.2, 0) is 0 Å². The highest BCUT2D eigenvalue weighted by atomic mass is 32.1. The second kappa shape index (κ2) is 11.7. The predicted molar refractivity (Wildman–Crippen MR) is 230 cm³/mol. The summed E-state index contributed by atoms with van der Waals surface area (Å²) in [7, 11) is 0. The fourth-order valence-corrected chi connectivity index (χ4v) is 9.60. The van der Waals surface area contributed by atoms with Crippen LogP contribution in [0.3, 0.4) is 0 Å². The van der Waals surface area contributed by atoms with E-state index >= 15 is 0 Å². The summed E-state index contributed by atoms with van der Waals surface area (Å²) in [5.74, 6) is 1.84. The first-order valence-corrected chi connectivity index (χ1v) is 19.3. The van der Waals surface area contributed by atoms with E-state index in [1.807, 2.05) is 11.3 Å². The van der Waals surface area contributed by atoms with Gasteiger partial charge in [0.05, 0.1) is 22.1 Å². The molecule has 0 aliphatic heterocycles. The normalized spacial score (nSPS) is 12.0. The molecule has 0 fully saturated rings. The molecule has 4 aromatic heterocycles. The van der Waals surface area contributed by atoms with E-state index in [2.05, 4.69) is 185 Å². The monoisotopic (exact) mass is 719 g/mol. The molecular formula is C49H29N5S. The maximum absolute atomic E-state index is 5.32. The summed E-state index contributed by atoms with van der Waals surface area (Å²) in [5.41, 5.74) is 7.38. The van der Waals surface area contributed by atoms with Gasteiger partial charge in [-0.25, -0.2) is 4.98 Å². The van der Waals surface area contributed by atoms with E-state index in [0.29, 0.717) is 17.6 Å². The van der Waals surface area contributed by atoms with Crippen LogP contribution in [-0.4, -0.2) is 24.1 Å². The maximum Gasteiger partial charge on any atom is 0.238 e. The van der Waals surface area contributed by atoms with Crippen LogP contribution < -0.4 is 0 Å². The lowest BCUT2D eigenvalue weighted by molar-refractivity contribution is 0.954. The van der Waals surface area contributed by atoms with Crippen molar-refractivity contribution < 1.29 is 0 Å². The molecule has 0 amide bonds. The van der Waals surface area contributed by atoms with Gasteiger partial charge in [-0.3, -0.25) is 4.57 Å². The Morgan fingerprint density at radius 2 is 0.945 bits per heavy atom. The second-order valence-corrected chi connectivity index (χ2v) is 15.1. The first-order chi connectivity index (χ1) is 27.3. The Morgan fingerprint density at radius 3 is 1.71 bits per heavy atom. The molecule has 0 atom stereocenters. The quantitative estimate of drug-likeness (QED) is 0.182. The molecule has 256 valence electrons. The third-order valence-electron chi connectivity index (χ3n) is 11.0. The Kier molecular flexibility index (Phi) is 6.44. The van der Waals surface area contributed by atoms with Crippen molar-refractivity contribution in [2.24, 2.45) is 0 Å². The number of para-hydroxylation sites is 3. The molecule has 0 aliphatic carbocycles. The van der Waals surface area contributed by atoms with E-state index in [-0.39, 0.29) is 0 Å². The Hall–Kier alpha value is -7.15. The standard InChI is InChI=1S/C49H29N5S/c1-2-14-33-30(12-1)13-11-19-39(33)48-50-47(51-49(52-48)54-42-21-8-4-15-34(42)35-16-5-9-22-43(35)54)31-24-26-37-36-17-3-7-20-41(36)53(44(37)28-31)32-25-27-46-40(29-32)38-18-6-10-23-45(38)55-46/h1-29H. The maximum atomic E-state index is 5.32. The van der Waals surface area contributed by atoms with Gasteiger partial charge in [0.25, 0.3) is 0 Å². The number of thiophene rings is 1. The zero-order chi connectivity index (χ0) is 36.0. The van der Waals surface area contributed by atoms with Crippen molar-refractivity contribution in [2.75, 3.05) is 0 Å². The lowest BCUT2D eigenvalue weighted by Crippen LogP contribution is -2.06. The zero-order valence-electron chi connectivity index (χ0n) is 29.4. The first kappa shape index (κ1) is 30.3. The highest BCUT2D eigenvalue weighted by Crippen LogP contribution is 2.39. The predicted octanol–water partition coefficient (Wildman–Crippen LogP) is 12.9. The molecule has 4 heterocycles. The third kappa shape index (κ3) is 4.55. The van der Waals surface area contributed by atoms with Crippen molar-refractivity contribution in [3.8, 4) is 34.4 Å². The molecule has 0 saturated heterocycles.